The number of thiocarbonyl (C=S) groups is 1. The fourth-order valence-electron chi connectivity index (χ4n) is 1.72. The summed E-state index contributed by atoms with van der Waals surface area (Å²) in [7, 11) is 4.13. The highest BCUT2D eigenvalue weighted by Gasteiger charge is 2.13. The molecule has 1 heterocycles. The van der Waals surface area contributed by atoms with E-state index in [0.29, 0.717) is 10.7 Å². The maximum atomic E-state index is 5.64. The standard InChI is InChI=1S/C11H21N5S/c1-4-6-9-10(11(12)17)13-14-16(9)8-5-7-15(2)3/h4-8H2,1-3H3,(H2,12,17). The van der Waals surface area contributed by atoms with Crippen molar-refractivity contribution in [1.29, 1.82) is 0 Å². The molecule has 0 bridgehead atoms. The van der Waals surface area contributed by atoms with Gasteiger partial charge in [-0.05, 0) is 33.5 Å². The second-order valence-electron chi connectivity index (χ2n) is 4.38. The van der Waals surface area contributed by atoms with Gasteiger partial charge in [-0.15, -0.1) is 5.10 Å². The molecule has 5 nitrogen and oxygen atoms in total. The van der Waals surface area contributed by atoms with E-state index >= 15 is 0 Å². The minimum Gasteiger partial charge on any atom is -0.388 e. The van der Waals surface area contributed by atoms with Crippen LogP contribution in [0.3, 0.4) is 0 Å². The highest BCUT2D eigenvalue weighted by molar-refractivity contribution is 7.80. The summed E-state index contributed by atoms with van der Waals surface area (Å²) >= 11 is 4.98. The van der Waals surface area contributed by atoms with E-state index in [1.807, 2.05) is 4.68 Å². The molecular formula is C11H21N5S. The molecule has 0 radical (unpaired) electrons. The second-order valence-corrected chi connectivity index (χ2v) is 4.82. The van der Waals surface area contributed by atoms with Gasteiger partial charge in [0.1, 0.15) is 10.7 Å². The Hall–Kier alpha value is -1.01. The van der Waals surface area contributed by atoms with Gasteiger partial charge >= 0.3 is 0 Å². The van der Waals surface area contributed by atoms with Crippen LogP contribution in [0, 0.1) is 0 Å². The van der Waals surface area contributed by atoms with Crippen LogP contribution in [-0.2, 0) is 13.0 Å². The minimum atomic E-state index is 0.340. The predicted molar refractivity (Wildman–Crippen MR) is 73.1 cm³/mol. The lowest BCUT2D eigenvalue weighted by Gasteiger charge is -2.10. The van der Waals surface area contributed by atoms with Crippen LogP contribution < -0.4 is 5.73 Å². The number of aromatic nitrogens is 3. The number of hydrogen-bond acceptors (Lipinski definition) is 4. The molecule has 96 valence electrons. The van der Waals surface area contributed by atoms with Crippen molar-refractivity contribution < 1.29 is 0 Å². The Morgan fingerprint density at radius 1 is 1.47 bits per heavy atom. The van der Waals surface area contributed by atoms with Gasteiger partial charge < -0.3 is 10.6 Å². The number of nitrogens with two attached hydrogens (primary N) is 1. The van der Waals surface area contributed by atoms with Crippen LogP contribution in [-0.4, -0.2) is 45.5 Å². The van der Waals surface area contributed by atoms with E-state index in [1.165, 1.54) is 0 Å². The Kier molecular flexibility index (Phi) is 5.50. The first-order valence-corrected chi connectivity index (χ1v) is 6.34. The molecule has 1 rings (SSSR count). The molecule has 0 saturated heterocycles. The lowest BCUT2D eigenvalue weighted by atomic mass is 10.2. The number of nitrogens with zero attached hydrogens (tertiary/aromatic N) is 4. The molecule has 0 unspecified atom stereocenters. The van der Waals surface area contributed by atoms with E-state index in [0.717, 1.165) is 38.0 Å². The van der Waals surface area contributed by atoms with E-state index in [4.69, 9.17) is 18.0 Å². The Labute approximate surface area is 108 Å². The topological polar surface area (TPSA) is 60.0 Å². The maximum absolute atomic E-state index is 5.64. The van der Waals surface area contributed by atoms with Crippen LogP contribution in [0.15, 0.2) is 0 Å². The smallest absolute Gasteiger partial charge is 0.143 e. The number of hydrogen-bond donors (Lipinski definition) is 1. The highest BCUT2D eigenvalue weighted by atomic mass is 32.1. The summed E-state index contributed by atoms with van der Waals surface area (Å²) in [6, 6.07) is 0. The summed E-state index contributed by atoms with van der Waals surface area (Å²) in [5.41, 5.74) is 7.40. The van der Waals surface area contributed by atoms with Crippen molar-refractivity contribution in [3.05, 3.63) is 11.4 Å². The van der Waals surface area contributed by atoms with Crippen molar-refractivity contribution in [2.75, 3.05) is 20.6 Å². The van der Waals surface area contributed by atoms with Gasteiger partial charge in [0, 0.05) is 6.54 Å². The number of aryl methyl sites for hydroxylation is 1. The summed E-state index contributed by atoms with van der Waals surface area (Å²) in [6.07, 6.45) is 3.00. The van der Waals surface area contributed by atoms with Crippen molar-refractivity contribution in [3.8, 4) is 0 Å². The molecule has 6 heteroatoms. The summed E-state index contributed by atoms with van der Waals surface area (Å²) in [6.45, 7) is 4.03. The third kappa shape index (κ3) is 4.05. The van der Waals surface area contributed by atoms with E-state index in [9.17, 15) is 0 Å². The zero-order chi connectivity index (χ0) is 12.8. The molecule has 0 atom stereocenters. The molecule has 0 saturated carbocycles. The molecule has 0 amide bonds. The highest BCUT2D eigenvalue weighted by Crippen LogP contribution is 2.09. The van der Waals surface area contributed by atoms with Crippen LogP contribution in [0.2, 0.25) is 0 Å². The van der Waals surface area contributed by atoms with Gasteiger partial charge in [-0.25, -0.2) is 4.68 Å². The Morgan fingerprint density at radius 3 is 2.71 bits per heavy atom. The monoisotopic (exact) mass is 255 g/mol. The van der Waals surface area contributed by atoms with E-state index in [-0.39, 0.29) is 0 Å². The molecule has 17 heavy (non-hydrogen) atoms. The van der Waals surface area contributed by atoms with Crippen LogP contribution >= 0.6 is 12.2 Å². The largest absolute Gasteiger partial charge is 0.388 e. The lowest BCUT2D eigenvalue weighted by Crippen LogP contribution is -2.17. The Morgan fingerprint density at radius 2 is 2.18 bits per heavy atom. The van der Waals surface area contributed by atoms with Gasteiger partial charge in [-0.2, -0.15) is 0 Å². The molecular weight excluding hydrogens is 234 g/mol. The molecule has 1 aromatic heterocycles. The first-order valence-electron chi connectivity index (χ1n) is 5.93. The van der Waals surface area contributed by atoms with E-state index < -0.39 is 0 Å². The minimum absolute atomic E-state index is 0.340. The average Bonchev–Trinajstić information content (AvgIpc) is 2.62. The van der Waals surface area contributed by atoms with Crippen LogP contribution in [0.25, 0.3) is 0 Å². The van der Waals surface area contributed by atoms with Crippen molar-refractivity contribution in [3.63, 3.8) is 0 Å². The Balaban J connectivity index is 2.73. The zero-order valence-corrected chi connectivity index (χ0v) is 11.6. The molecule has 0 spiro atoms. The second kappa shape index (κ2) is 6.66. The third-order valence-electron chi connectivity index (χ3n) is 2.53. The molecule has 0 aromatic carbocycles. The van der Waals surface area contributed by atoms with E-state index in [2.05, 4.69) is 36.2 Å². The molecule has 0 aliphatic heterocycles. The van der Waals surface area contributed by atoms with E-state index in [1.54, 1.807) is 0 Å². The fraction of sp³-hybridized carbons (Fsp3) is 0.727. The van der Waals surface area contributed by atoms with Gasteiger partial charge in [0.2, 0.25) is 0 Å². The third-order valence-corrected chi connectivity index (χ3v) is 2.73. The molecule has 0 fully saturated rings. The van der Waals surface area contributed by atoms with Crippen molar-refractivity contribution in [2.45, 2.75) is 32.7 Å². The quantitative estimate of drug-likeness (QED) is 0.731. The van der Waals surface area contributed by atoms with Gasteiger partial charge in [0.25, 0.3) is 0 Å². The molecule has 0 aliphatic carbocycles. The fourth-order valence-corrected chi connectivity index (χ4v) is 1.88. The summed E-state index contributed by atoms with van der Waals surface area (Å²) < 4.78 is 1.93. The summed E-state index contributed by atoms with van der Waals surface area (Å²) in [4.78, 5) is 2.50. The van der Waals surface area contributed by atoms with Crippen LogP contribution in [0.5, 0.6) is 0 Å². The number of rotatable bonds is 7. The van der Waals surface area contributed by atoms with Gasteiger partial charge in [0.05, 0.1) is 5.69 Å². The summed E-state index contributed by atoms with van der Waals surface area (Å²) in [5.74, 6) is 0. The average molecular weight is 255 g/mol. The maximum Gasteiger partial charge on any atom is 0.143 e. The van der Waals surface area contributed by atoms with Crippen LogP contribution in [0.1, 0.15) is 31.2 Å². The zero-order valence-electron chi connectivity index (χ0n) is 10.8. The Bertz CT molecular complexity index is 372. The van der Waals surface area contributed by atoms with Crippen molar-refractivity contribution in [1.82, 2.24) is 19.9 Å². The van der Waals surface area contributed by atoms with Crippen LogP contribution in [0.4, 0.5) is 0 Å². The SMILES string of the molecule is CCCc1c(C(N)=S)nnn1CCCN(C)C. The van der Waals surface area contributed by atoms with Gasteiger partial charge in [-0.1, -0.05) is 30.8 Å². The normalized spacial score (nSPS) is 11.1. The molecule has 1 aromatic rings. The van der Waals surface area contributed by atoms with Crippen molar-refractivity contribution in [2.24, 2.45) is 5.73 Å². The van der Waals surface area contributed by atoms with Crippen molar-refractivity contribution >= 4 is 17.2 Å². The van der Waals surface area contributed by atoms with Gasteiger partial charge in [-0.3, -0.25) is 0 Å². The van der Waals surface area contributed by atoms with Gasteiger partial charge in [0.15, 0.2) is 0 Å². The predicted octanol–water partition coefficient (Wildman–Crippen LogP) is 0.817. The first-order chi connectivity index (χ1) is 8.06. The summed E-state index contributed by atoms with van der Waals surface area (Å²) in [5, 5.41) is 8.20. The lowest BCUT2D eigenvalue weighted by molar-refractivity contribution is 0.376. The molecule has 2 N–H and O–H groups in total. The first kappa shape index (κ1) is 14.1. The molecule has 0 aliphatic rings.